The van der Waals surface area contributed by atoms with Gasteiger partial charge in [0.2, 0.25) is 0 Å². The number of hydrogen-bond donors (Lipinski definition) is 12. The maximum absolute atomic E-state index is 13.0. The Morgan fingerprint density at radius 2 is 1.64 bits per heavy atom. The first-order chi connectivity index (χ1) is 20.7. The predicted octanol–water partition coefficient (Wildman–Crippen LogP) is -6.31. The Balaban J connectivity index is 1.52. The van der Waals surface area contributed by atoms with Crippen molar-refractivity contribution in [3.63, 3.8) is 0 Å². The second kappa shape index (κ2) is 14.4. The van der Waals surface area contributed by atoms with Gasteiger partial charge < -0.3 is 82.5 Å². The first-order valence-corrected chi connectivity index (χ1v) is 15.2. The van der Waals surface area contributed by atoms with Crippen LogP contribution in [0.3, 0.4) is 0 Å². The summed E-state index contributed by atoms with van der Waals surface area (Å²) < 4.78 is 23.5. The van der Waals surface area contributed by atoms with Crippen LogP contribution in [0.15, 0.2) is 0 Å². The SMILES string of the molecule is CN[C@@H]1[C@@H](O)[C@@H](O[C@H]2[C@H](CC(=O)C3(O)CC3N)C[C@H](N)C(O[C@H]3O[C@H](CNCCCN)[C@@H](O)[C@H](O)[C@H]3O)[C@@H]2O)OC[C@]1(C)O. The molecule has 2 saturated carbocycles. The van der Waals surface area contributed by atoms with Crippen molar-refractivity contribution < 1.29 is 59.5 Å². The number of Topliss-reactive ketones (excluding diaryl/α,β-unsaturated/α-hetero) is 1. The third-order valence-electron chi connectivity index (χ3n) is 9.34. The van der Waals surface area contributed by atoms with Crippen LogP contribution in [0, 0.1) is 5.92 Å². The Kier molecular flexibility index (Phi) is 11.8. The molecule has 2 heterocycles. The monoisotopic (exact) mass is 637 g/mol. The van der Waals surface area contributed by atoms with Crippen molar-refractivity contribution in [1.29, 1.82) is 0 Å². The number of carbonyl (C=O) groups excluding carboxylic acids is 1. The molecule has 256 valence electrons. The van der Waals surface area contributed by atoms with E-state index >= 15 is 0 Å². The van der Waals surface area contributed by atoms with Crippen molar-refractivity contribution in [3.8, 4) is 0 Å². The maximum Gasteiger partial charge on any atom is 0.187 e. The number of likely N-dealkylation sites (N-methyl/N-ethyl adjacent to an activating group) is 1. The summed E-state index contributed by atoms with van der Waals surface area (Å²) in [6.07, 6.45) is -13.5. The molecule has 4 fully saturated rings. The molecule has 0 radical (unpaired) electrons. The number of aliphatic hydroxyl groups is 7. The quantitative estimate of drug-likeness (QED) is 0.0836. The molecule has 0 aromatic carbocycles. The molecule has 3 unspecified atom stereocenters. The highest BCUT2D eigenvalue weighted by molar-refractivity contribution is 5.91. The zero-order valence-electron chi connectivity index (χ0n) is 25.1. The highest BCUT2D eigenvalue weighted by atomic mass is 16.7. The summed E-state index contributed by atoms with van der Waals surface area (Å²) in [6.45, 7) is 2.35. The second-order valence-corrected chi connectivity index (χ2v) is 12.9. The Hall–Kier alpha value is -0.970. The van der Waals surface area contributed by atoms with E-state index in [-0.39, 0.29) is 32.4 Å². The highest BCUT2D eigenvalue weighted by Crippen LogP contribution is 2.41. The minimum atomic E-state index is -1.70. The average Bonchev–Trinajstić information content (AvgIpc) is 3.59. The Labute approximate surface area is 255 Å². The van der Waals surface area contributed by atoms with Gasteiger partial charge in [0.15, 0.2) is 18.4 Å². The van der Waals surface area contributed by atoms with Crippen LogP contribution < -0.4 is 27.8 Å². The van der Waals surface area contributed by atoms with Crippen LogP contribution in [-0.4, -0.2) is 166 Å². The van der Waals surface area contributed by atoms with E-state index in [2.05, 4.69) is 10.6 Å². The van der Waals surface area contributed by atoms with Gasteiger partial charge in [-0.3, -0.25) is 4.79 Å². The molecule has 4 aliphatic rings. The Bertz CT molecular complexity index is 968. The van der Waals surface area contributed by atoms with Crippen molar-refractivity contribution in [2.75, 3.05) is 33.3 Å². The van der Waals surface area contributed by atoms with Crippen molar-refractivity contribution in [2.24, 2.45) is 23.1 Å². The molecule has 16 atom stereocenters. The van der Waals surface area contributed by atoms with E-state index in [1.165, 1.54) is 6.92 Å². The molecule has 44 heavy (non-hydrogen) atoms. The molecule has 2 saturated heterocycles. The smallest absolute Gasteiger partial charge is 0.187 e. The maximum atomic E-state index is 13.0. The summed E-state index contributed by atoms with van der Waals surface area (Å²) in [5.41, 5.74) is 14.6. The minimum absolute atomic E-state index is 0.0392. The van der Waals surface area contributed by atoms with Gasteiger partial charge >= 0.3 is 0 Å². The van der Waals surface area contributed by atoms with Crippen molar-refractivity contribution in [3.05, 3.63) is 0 Å². The van der Waals surface area contributed by atoms with Crippen molar-refractivity contribution >= 4 is 5.78 Å². The number of nitrogens with one attached hydrogen (secondary N) is 2. The van der Waals surface area contributed by atoms with Gasteiger partial charge in [-0.25, -0.2) is 0 Å². The lowest BCUT2D eigenvalue weighted by molar-refractivity contribution is -0.333. The third-order valence-corrected chi connectivity index (χ3v) is 9.34. The molecule has 0 aromatic heterocycles. The summed E-state index contributed by atoms with van der Waals surface area (Å²) in [7, 11) is 1.55. The average molecular weight is 638 g/mol. The molecular weight excluding hydrogens is 586 g/mol. The topological polar surface area (TPSA) is 298 Å². The standard InChI is InChI=1S/C27H51N5O12/c1-26(39)10-41-24(20(38)23(26)31-2)43-21-11(7-15(33)27(40)8-14(27)30)6-12(29)22(19(21)37)44-25-18(36)17(35)16(34)13(42-25)9-32-5-3-4-28/h11-14,16-25,31-32,34-40H,3-10,28-30H2,1-2H3/t11-,12-,13+,14?,16+,17-,18+,19+,20+,21-,22?,23+,24+,25+,26-,27?/m0/s1. The first kappa shape index (κ1) is 35.9. The van der Waals surface area contributed by atoms with E-state index in [1.807, 2.05) is 0 Å². The van der Waals surface area contributed by atoms with E-state index in [0.717, 1.165) is 0 Å². The van der Waals surface area contributed by atoms with Crippen LogP contribution in [-0.2, 0) is 23.7 Å². The lowest BCUT2D eigenvalue weighted by atomic mass is 9.76. The summed E-state index contributed by atoms with van der Waals surface area (Å²) >= 11 is 0. The van der Waals surface area contributed by atoms with Gasteiger partial charge in [0.05, 0.1) is 18.8 Å². The van der Waals surface area contributed by atoms with Gasteiger partial charge in [-0.2, -0.15) is 0 Å². The predicted molar refractivity (Wildman–Crippen MR) is 151 cm³/mol. The largest absolute Gasteiger partial charge is 0.388 e. The first-order valence-electron chi connectivity index (χ1n) is 15.2. The molecule has 17 heteroatoms. The van der Waals surface area contributed by atoms with Crippen LogP contribution in [0.4, 0.5) is 0 Å². The van der Waals surface area contributed by atoms with E-state index in [4.69, 9.17) is 36.1 Å². The number of hydrogen-bond acceptors (Lipinski definition) is 17. The fourth-order valence-corrected chi connectivity index (χ4v) is 6.47. The molecule has 0 amide bonds. The lowest BCUT2D eigenvalue weighted by Crippen LogP contribution is -2.67. The molecular formula is C27H51N5O12. The van der Waals surface area contributed by atoms with E-state index < -0.39 is 102 Å². The summed E-state index contributed by atoms with van der Waals surface area (Å²) in [4.78, 5) is 13.0. The van der Waals surface area contributed by atoms with Gasteiger partial charge in [0.1, 0.15) is 53.9 Å². The zero-order valence-corrected chi connectivity index (χ0v) is 25.1. The summed E-state index contributed by atoms with van der Waals surface area (Å²) in [5, 5.41) is 81.3. The summed E-state index contributed by atoms with van der Waals surface area (Å²) in [6, 6.07) is -2.51. The number of nitrogens with two attached hydrogens (primary N) is 3. The molecule has 0 spiro atoms. The molecule has 17 nitrogen and oxygen atoms in total. The lowest BCUT2D eigenvalue weighted by Gasteiger charge is -2.49. The van der Waals surface area contributed by atoms with Crippen molar-refractivity contribution in [1.82, 2.24) is 10.6 Å². The molecule has 0 aromatic rings. The number of ether oxygens (including phenoxy) is 4. The molecule has 2 aliphatic heterocycles. The number of ketones is 1. The van der Waals surface area contributed by atoms with Crippen LogP contribution in [0.5, 0.6) is 0 Å². The minimum Gasteiger partial charge on any atom is -0.388 e. The van der Waals surface area contributed by atoms with Gasteiger partial charge in [-0.15, -0.1) is 0 Å². The van der Waals surface area contributed by atoms with Gasteiger partial charge in [-0.05, 0) is 45.8 Å². The fraction of sp³-hybridized carbons (Fsp3) is 0.963. The van der Waals surface area contributed by atoms with Crippen LogP contribution in [0.2, 0.25) is 0 Å². The Morgan fingerprint density at radius 3 is 2.25 bits per heavy atom. The third kappa shape index (κ3) is 7.44. The van der Waals surface area contributed by atoms with E-state index in [0.29, 0.717) is 19.5 Å². The molecule has 15 N–H and O–H groups in total. The van der Waals surface area contributed by atoms with Gasteiger partial charge in [0.25, 0.3) is 0 Å². The van der Waals surface area contributed by atoms with Crippen LogP contribution >= 0.6 is 0 Å². The van der Waals surface area contributed by atoms with Crippen molar-refractivity contribution in [2.45, 2.75) is 123 Å². The molecule has 2 aliphatic carbocycles. The number of aliphatic hydroxyl groups excluding tert-OH is 5. The van der Waals surface area contributed by atoms with Crippen LogP contribution in [0.25, 0.3) is 0 Å². The zero-order chi connectivity index (χ0) is 32.6. The molecule has 0 bridgehead atoms. The highest BCUT2D eigenvalue weighted by Gasteiger charge is 2.58. The van der Waals surface area contributed by atoms with Gasteiger partial charge in [0, 0.05) is 31.5 Å². The normalized spacial score (nSPS) is 49.5. The summed E-state index contributed by atoms with van der Waals surface area (Å²) in [5.74, 6) is -1.32. The number of carbonyl (C=O) groups is 1. The van der Waals surface area contributed by atoms with E-state index in [1.54, 1.807) is 7.05 Å². The Morgan fingerprint density at radius 1 is 0.977 bits per heavy atom. The molecule has 4 rings (SSSR count). The second-order valence-electron chi connectivity index (χ2n) is 12.9. The fourth-order valence-electron chi connectivity index (χ4n) is 6.47. The van der Waals surface area contributed by atoms with Crippen LogP contribution in [0.1, 0.15) is 32.6 Å². The van der Waals surface area contributed by atoms with E-state index in [9.17, 15) is 40.5 Å². The van der Waals surface area contributed by atoms with Gasteiger partial charge in [-0.1, -0.05) is 0 Å². The number of rotatable bonds is 13.